The van der Waals surface area contributed by atoms with Gasteiger partial charge >= 0.3 is 0 Å². The van der Waals surface area contributed by atoms with Crippen LogP contribution in [0.3, 0.4) is 0 Å². The van der Waals surface area contributed by atoms with Gasteiger partial charge in [0.05, 0.1) is 22.0 Å². The van der Waals surface area contributed by atoms with Gasteiger partial charge in [-0.15, -0.1) is 0 Å². The van der Waals surface area contributed by atoms with Crippen LogP contribution in [0, 0.1) is 0 Å². The van der Waals surface area contributed by atoms with Gasteiger partial charge in [-0.3, -0.25) is 0 Å². The SMILES string of the molecule is Nc1cnc(Nc2ccccc2Br)c(Br)c1. The Morgan fingerprint density at radius 1 is 1.12 bits per heavy atom. The maximum atomic E-state index is 5.62. The number of rotatable bonds is 2. The Bertz CT molecular complexity index is 514. The summed E-state index contributed by atoms with van der Waals surface area (Å²) in [4.78, 5) is 4.21. The van der Waals surface area contributed by atoms with Crippen LogP contribution in [0.2, 0.25) is 0 Å². The predicted molar refractivity (Wildman–Crippen MR) is 73.8 cm³/mol. The number of aromatic nitrogens is 1. The Morgan fingerprint density at radius 3 is 2.56 bits per heavy atom. The molecule has 3 N–H and O–H groups in total. The summed E-state index contributed by atoms with van der Waals surface area (Å²) in [5.74, 6) is 0.737. The molecule has 16 heavy (non-hydrogen) atoms. The fourth-order valence-electron chi connectivity index (χ4n) is 1.23. The maximum absolute atomic E-state index is 5.62. The van der Waals surface area contributed by atoms with Crippen LogP contribution in [-0.4, -0.2) is 4.98 Å². The summed E-state index contributed by atoms with van der Waals surface area (Å²) in [6.07, 6.45) is 1.62. The molecule has 0 spiro atoms. The number of para-hydroxylation sites is 1. The van der Waals surface area contributed by atoms with Crippen molar-refractivity contribution < 1.29 is 0 Å². The van der Waals surface area contributed by atoms with Gasteiger partial charge < -0.3 is 11.1 Å². The molecule has 0 atom stereocenters. The number of hydrogen-bond donors (Lipinski definition) is 2. The first kappa shape index (κ1) is 11.4. The first-order chi connectivity index (χ1) is 7.66. The minimum absolute atomic E-state index is 0.629. The third kappa shape index (κ3) is 2.54. The molecule has 0 bridgehead atoms. The van der Waals surface area contributed by atoms with E-state index >= 15 is 0 Å². The lowest BCUT2D eigenvalue weighted by Gasteiger charge is -2.09. The molecular formula is C11H9Br2N3. The molecule has 0 saturated carbocycles. The number of nitrogens with one attached hydrogen (secondary N) is 1. The topological polar surface area (TPSA) is 50.9 Å². The number of benzene rings is 1. The van der Waals surface area contributed by atoms with E-state index in [9.17, 15) is 0 Å². The molecule has 0 unspecified atom stereocenters. The van der Waals surface area contributed by atoms with E-state index in [-0.39, 0.29) is 0 Å². The van der Waals surface area contributed by atoms with E-state index in [4.69, 9.17) is 5.73 Å². The zero-order valence-electron chi connectivity index (χ0n) is 8.24. The lowest BCUT2D eigenvalue weighted by molar-refractivity contribution is 1.29. The third-order valence-corrected chi connectivity index (χ3v) is 3.29. The molecule has 0 aliphatic heterocycles. The van der Waals surface area contributed by atoms with E-state index in [1.807, 2.05) is 30.3 Å². The lowest BCUT2D eigenvalue weighted by atomic mass is 10.3. The highest BCUT2D eigenvalue weighted by Gasteiger charge is 2.04. The van der Waals surface area contributed by atoms with E-state index in [0.29, 0.717) is 5.69 Å². The standard InChI is InChI=1S/C11H9Br2N3/c12-8-3-1-2-4-10(8)16-11-9(13)5-7(14)6-15-11/h1-6H,14H2,(H,15,16). The Morgan fingerprint density at radius 2 is 1.88 bits per heavy atom. The fourth-order valence-corrected chi connectivity index (χ4v) is 2.08. The van der Waals surface area contributed by atoms with Crippen molar-refractivity contribution >= 4 is 49.1 Å². The number of pyridine rings is 1. The average molecular weight is 343 g/mol. The number of nitrogens with two attached hydrogens (primary N) is 1. The molecule has 1 aromatic carbocycles. The van der Waals surface area contributed by atoms with Gasteiger partial charge in [-0.2, -0.15) is 0 Å². The number of nitrogen functional groups attached to an aromatic ring is 1. The molecule has 2 aromatic rings. The highest BCUT2D eigenvalue weighted by molar-refractivity contribution is 9.11. The monoisotopic (exact) mass is 341 g/mol. The first-order valence-electron chi connectivity index (χ1n) is 4.59. The zero-order valence-corrected chi connectivity index (χ0v) is 11.4. The second-order valence-electron chi connectivity index (χ2n) is 3.20. The zero-order chi connectivity index (χ0) is 11.5. The molecule has 82 valence electrons. The van der Waals surface area contributed by atoms with Crippen molar-refractivity contribution in [3.63, 3.8) is 0 Å². The third-order valence-electron chi connectivity index (χ3n) is 1.99. The quantitative estimate of drug-likeness (QED) is 0.869. The molecule has 0 fully saturated rings. The Labute approximate surface area is 110 Å². The summed E-state index contributed by atoms with van der Waals surface area (Å²) in [7, 11) is 0. The molecule has 0 aliphatic carbocycles. The minimum Gasteiger partial charge on any atom is -0.397 e. The molecule has 0 aliphatic rings. The Balaban J connectivity index is 2.31. The second kappa shape index (κ2) is 4.84. The number of hydrogen-bond acceptors (Lipinski definition) is 3. The van der Waals surface area contributed by atoms with Crippen LogP contribution in [0.25, 0.3) is 0 Å². The van der Waals surface area contributed by atoms with Crippen LogP contribution in [0.5, 0.6) is 0 Å². The average Bonchev–Trinajstić information content (AvgIpc) is 2.25. The van der Waals surface area contributed by atoms with Gasteiger partial charge in [0, 0.05) is 4.47 Å². The molecule has 0 saturated heterocycles. The highest BCUT2D eigenvalue weighted by atomic mass is 79.9. The van der Waals surface area contributed by atoms with E-state index in [0.717, 1.165) is 20.5 Å². The van der Waals surface area contributed by atoms with Gasteiger partial charge in [-0.05, 0) is 50.1 Å². The normalized spacial score (nSPS) is 10.1. The fraction of sp³-hybridized carbons (Fsp3) is 0. The molecule has 3 nitrogen and oxygen atoms in total. The van der Waals surface area contributed by atoms with E-state index in [2.05, 4.69) is 42.2 Å². The predicted octanol–water partition coefficient (Wildman–Crippen LogP) is 3.93. The molecule has 0 radical (unpaired) electrons. The molecule has 5 heteroatoms. The summed E-state index contributed by atoms with van der Waals surface area (Å²) in [5, 5.41) is 3.21. The smallest absolute Gasteiger partial charge is 0.144 e. The summed E-state index contributed by atoms with van der Waals surface area (Å²) in [6.45, 7) is 0. The van der Waals surface area contributed by atoms with Crippen molar-refractivity contribution in [2.75, 3.05) is 11.1 Å². The van der Waals surface area contributed by atoms with Gasteiger partial charge in [0.15, 0.2) is 0 Å². The molecular weight excluding hydrogens is 334 g/mol. The number of nitrogens with zero attached hydrogens (tertiary/aromatic N) is 1. The largest absolute Gasteiger partial charge is 0.397 e. The van der Waals surface area contributed by atoms with Crippen molar-refractivity contribution in [2.45, 2.75) is 0 Å². The Kier molecular flexibility index (Phi) is 3.46. The van der Waals surface area contributed by atoms with Gasteiger partial charge in [-0.25, -0.2) is 4.98 Å². The van der Waals surface area contributed by atoms with Crippen molar-refractivity contribution in [3.8, 4) is 0 Å². The Hall–Kier alpha value is -1.07. The maximum Gasteiger partial charge on any atom is 0.144 e. The summed E-state index contributed by atoms with van der Waals surface area (Å²) >= 11 is 6.87. The lowest BCUT2D eigenvalue weighted by Crippen LogP contribution is -1.96. The van der Waals surface area contributed by atoms with E-state index < -0.39 is 0 Å². The van der Waals surface area contributed by atoms with Crippen molar-refractivity contribution in [1.82, 2.24) is 4.98 Å². The number of anilines is 3. The van der Waals surface area contributed by atoms with Gasteiger partial charge in [0.2, 0.25) is 0 Å². The molecule has 0 amide bonds. The van der Waals surface area contributed by atoms with Gasteiger partial charge in [0.1, 0.15) is 5.82 Å². The van der Waals surface area contributed by atoms with Crippen LogP contribution >= 0.6 is 31.9 Å². The van der Waals surface area contributed by atoms with Crippen LogP contribution in [0.4, 0.5) is 17.2 Å². The molecule has 1 heterocycles. The number of halogens is 2. The minimum atomic E-state index is 0.629. The van der Waals surface area contributed by atoms with Crippen LogP contribution in [0.15, 0.2) is 45.5 Å². The summed E-state index contributed by atoms with van der Waals surface area (Å²) < 4.78 is 1.82. The van der Waals surface area contributed by atoms with Gasteiger partial charge in [0.25, 0.3) is 0 Å². The van der Waals surface area contributed by atoms with E-state index in [1.165, 1.54) is 0 Å². The highest BCUT2D eigenvalue weighted by Crippen LogP contribution is 2.29. The summed E-state index contributed by atoms with van der Waals surface area (Å²) in [5.41, 5.74) is 7.21. The first-order valence-corrected chi connectivity index (χ1v) is 6.18. The van der Waals surface area contributed by atoms with Crippen LogP contribution < -0.4 is 11.1 Å². The van der Waals surface area contributed by atoms with Gasteiger partial charge in [-0.1, -0.05) is 12.1 Å². The van der Waals surface area contributed by atoms with Crippen LogP contribution in [0.1, 0.15) is 0 Å². The second-order valence-corrected chi connectivity index (χ2v) is 4.91. The van der Waals surface area contributed by atoms with E-state index in [1.54, 1.807) is 6.20 Å². The van der Waals surface area contributed by atoms with Crippen LogP contribution in [-0.2, 0) is 0 Å². The summed E-state index contributed by atoms with van der Waals surface area (Å²) in [6, 6.07) is 9.66. The van der Waals surface area contributed by atoms with Crippen molar-refractivity contribution in [2.24, 2.45) is 0 Å². The van der Waals surface area contributed by atoms with Crippen molar-refractivity contribution in [3.05, 3.63) is 45.5 Å². The molecule has 2 rings (SSSR count). The molecule has 1 aromatic heterocycles. The van der Waals surface area contributed by atoms with Crippen molar-refractivity contribution in [1.29, 1.82) is 0 Å².